The topological polar surface area (TPSA) is 78.9 Å². The van der Waals surface area contributed by atoms with Crippen LogP contribution < -0.4 is 5.32 Å². The Bertz CT molecular complexity index is 380. The van der Waals surface area contributed by atoms with Crippen molar-refractivity contribution in [1.29, 1.82) is 0 Å². The van der Waals surface area contributed by atoms with Crippen LogP contribution in [0, 0.1) is 5.41 Å². The average molecular weight is 298 g/mol. The third-order valence-corrected chi connectivity index (χ3v) is 4.58. The second kappa shape index (κ2) is 7.11. The van der Waals surface area contributed by atoms with Crippen LogP contribution in [-0.2, 0) is 9.53 Å². The van der Waals surface area contributed by atoms with Gasteiger partial charge in [-0.15, -0.1) is 0 Å². The van der Waals surface area contributed by atoms with Crippen LogP contribution in [0.25, 0.3) is 0 Å². The maximum Gasteiger partial charge on any atom is 0.317 e. The number of hydrogen-bond acceptors (Lipinski definition) is 3. The maximum atomic E-state index is 12.3. The van der Waals surface area contributed by atoms with Gasteiger partial charge in [-0.3, -0.25) is 4.79 Å². The zero-order chi connectivity index (χ0) is 15.3. The van der Waals surface area contributed by atoms with Crippen molar-refractivity contribution in [3.8, 4) is 0 Å². The zero-order valence-corrected chi connectivity index (χ0v) is 12.8. The Morgan fingerprint density at radius 2 is 2.00 bits per heavy atom. The van der Waals surface area contributed by atoms with E-state index in [0.717, 1.165) is 25.7 Å². The molecule has 21 heavy (non-hydrogen) atoms. The number of nitrogens with one attached hydrogen (secondary N) is 1. The van der Waals surface area contributed by atoms with Gasteiger partial charge in [0.2, 0.25) is 0 Å². The van der Waals surface area contributed by atoms with Crippen LogP contribution in [0.3, 0.4) is 0 Å². The molecule has 2 aliphatic rings. The minimum atomic E-state index is -0.782. The Balaban J connectivity index is 1.90. The summed E-state index contributed by atoms with van der Waals surface area (Å²) < 4.78 is 5.52. The molecule has 1 aliphatic carbocycles. The lowest BCUT2D eigenvalue weighted by Crippen LogP contribution is -2.49. The Kier molecular flexibility index (Phi) is 5.45. The first-order chi connectivity index (χ1) is 10.0. The molecule has 0 aromatic carbocycles. The Morgan fingerprint density at radius 3 is 2.67 bits per heavy atom. The average Bonchev–Trinajstić information content (AvgIpc) is 2.70. The molecule has 0 aromatic rings. The van der Waals surface area contributed by atoms with Crippen molar-refractivity contribution in [2.24, 2.45) is 5.41 Å². The quantitative estimate of drug-likeness (QED) is 0.833. The van der Waals surface area contributed by atoms with E-state index in [-0.39, 0.29) is 18.7 Å². The molecule has 6 heteroatoms. The fraction of sp³-hybridized carbons (Fsp3) is 0.867. The smallest absolute Gasteiger partial charge is 0.317 e. The van der Waals surface area contributed by atoms with E-state index in [0.29, 0.717) is 32.5 Å². The van der Waals surface area contributed by atoms with Crippen LogP contribution in [0.15, 0.2) is 0 Å². The monoisotopic (exact) mass is 298 g/mol. The molecule has 0 spiro atoms. The fourth-order valence-corrected chi connectivity index (χ4v) is 3.23. The molecule has 6 nitrogen and oxygen atoms in total. The van der Waals surface area contributed by atoms with E-state index in [1.54, 1.807) is 4.90 Å². The molecule has 1 saturated heterocycles. The van der Waals surface area contributed by atoms with Gasteiger partial charge in [-0.2, -0.15) is 0 Å². The van der Waals surface area contributed by atoms with Crippen LogP contribution >= 0.6 is 0 Å². The van der Waals surface area contributed by atoms with E-state index in [1.165, 1.54) is 0 Å². The molecule has 2 amide bonds. The lowest BCUT2D eigenvalue weighted by Gasteiger charge is -2.34. The van der Waals surface area contributed by atoms with Crippen molar-refractivity contribution in [3.63, 3.8) is 0 Å². The van der Waals surface area contributed by atoms with Crippen molar-refractivity contribution < 1.29 is 19.4 Å². The lowest BCUT2D eigenvalue weighted by molar-refractivity contribution is -0.150. The molecule has 2 fully saturated rings. The van der Waals surface area contributed by atoms with Gasteiger partial charge in [-0.05, 0) is 26.2 Å². The van der Waals surface area contributed by atoms with Crippen molar-refractivity contribution in [2.45, 2.75) is 51.6 Å². The van der Waals surface area contributed by atoms with Crippen molar-refractivity contribution >= 4 is 12.0 Å². The maximum absolute atomic E-state index is 12.3. The highest BCUT2D eigenvalue weighted by Crippen LogP contribution is 2.36. The molecule has 0 bridgehead atoms. The molecule has 120 valence electrons. The number of amides is 2. The minimum Gasteiger partial charge on any atom is -0.481 e. The normalized spacial score (nSPS) is 26.0. The first kappa shape index (κ1) is 16.1. The number of ether oxygens (including phenoxy) is 1. The molecule has 0 radical (unpaired) electrons. The molecular weight excluding hydrogens is 272 g/mol. The lowest BCUT2D eigenvalue weighted by atomic mass is 9.74. The van der Waals surface area contributed by atoms with Gasteiger partial charge in [0.25, 0.3) is 0 Å². The molecule has 1 saturated carbocycles. The fourth-order valence-electron chi connectivity index (χ4n) is 3.23. The van der Waals surface area contributed by atoms with Crippen molar-refractivity contribution in [2.75, 3.05) is 26.2 Å². The van der Waals surface area contributed by atoms with Crippen LogP contribution in [0.1, 0.15) is 45.4 Å². The number of urea groups is 1. The van der Waals surface area contributed by atoms with Crippen molar-refractivity contribution in [3.05, 3.63) is 0 Å². The standard InChI is InChI=1S/C15H26N2O4/c1-12-10-17(8-5-9-21-12)14(20)16-11-15(13(18)19)6-3-2-4-7-15/h12H,2-11H2,1H3,(H,16,20)(H,18,19). The second-order valence-electron chi connectivity index (χ2n) is 6.29. The van der Waals surface area contributed by atoms with Crippen LogP contribution in [0.4, 0.5) is 4.79 Å². The van der Waals surface area contributed by atoms with Gasteiger partial charge in [0, 0.05) is 26.2 Å². The summed E-state index contributed by atoms with van der Waals surface area (Å²) in [4.78, 5) is 25.6. The summed E-state index contributed by atoms with van der Waals surface area (Å²) in [5.41, 5.74) is -0.776. The molecule has 1 atom stereocenters. The SMILES string of the molecule is CC1CN(C(=O)NCC2(C(=O)O)CCCCC2)CCCO1. The van der Waals surface area contributed by atoms with Crippen LogP contribution in [0.2, 0.25) is 0 Å². The number of rotatable bonds is 3. The Labute approximate surface area is 125 Å². The first-order valence-electron chi connectivity index (χ1n) is 7.91. The third kappa shape index (κ3) is 4.09. The first-order valence-corrected chi connectivity index (χ1v) is 7.91. The van der Waals surface area contributed by atoms with Crippen LogP contribution in [0.5, 0.6) is 0 Å². The summed E-state index contributed by atoms with van der Waals surface area (Å²) in [5, 5.41) is 12.4. The van der Waals surface area contributed by atoms with E-state index in [2.05, 4.69) is 5.32 Å². The van der Waals surface area contributed by atoms with Gasteiger partial charge >= 0.3 is 12.0 Å². The number of carbonyl (C=O) groups is 2. The highest BCUT2D eigenvalue weighted by atomic mass is 16.5. The summed E-state index contributed by atoms with van der Waals surface area (Å²) in [6.07, 6.45) is 5.10. The molecule has 0 aromatic heterocycles. The van der Waals surface area contributed by atoms with Gasteiger partial charge in [0.05, 0.1) is 11.5 Å². The van der Waals surface area contributed by atoms with E-state index < -0.39 is 11.4 Å². The predicted octanol–water partition coefficient (Wildman–Crippen LogP) is 1.84. The molecule has 1 unspecified atom stereocenters. The highest BCUT2D eigenvalue weighted by molar-refractivity contribution is 5.78. The number of aliphatic carboxylic acids is 1. The van der Waals surface area contributed by atoms with Gasteiger partial charge in [-0.25, -0.2) is 4.79 Å². The van der Waals surface area contributed by atoms with E-state index in [9.17, 15) is 14.7 Å². The van der Waals surface area contributed by atoms with Gasteiger partial charge in [0.15, 0.2) is 0 Å². The second-order valence-corrected chi connectivity index (χ2v) is 6.29. The number of carbonyl (C=O) groups excluding carboxylic acids is 1. The van der Waals surface area contributed by atoms with Gasteiger partial charge < -0.3 is 20.1 Å². The zero-order valence-electron chi connectivity index (χ0n) is 12.8. The molecule has 2 rings (SSSR count). The molecule has 1 heterocycles. The summed E-state index contributed by atoms with van der Waals surface area (Å²) in [6, 6.07) is -0.168. The molecule has 1 aliphatic heterocycles. The summed E-state index contributed by atoms with van der Waals surface area (Å²) in [5.74, 6) is -0.782. The number of nitrogens with zero attached hydrogens (tertiary/aromatic N) is 1. The number of carboxylic acids is 1. The molecule has 2 N–H and O–H groups in total. The Morgan fingerprint density at radius 1 is 1.29 bits per heavy atom. The van der Waals surface area contributed by atoms with E-state index in [1.807, 2.05) is 6.92 Å². The Hall–Kier alpha value is -1.30. The summed E-state index contributed by atoms with van der Waals surface area (Å²) in [7, 11) is 0. The van der Waals surface area contributed by atoms with Gasteiger partial charge in [-0.1, -0.05) is 19.3 Å². The molecular formula is C15H26N2O4. The highest BCUT2D eigenvalue weighted by Gasteiger charge is 2.40. The number of carboxylic acid groups (broad SMARTS) is 1. The van der Waals surface area contributed by atoms with Gasteiger partial charge in [0.1, 0.15) is 0 Å². The van der Waals surface area contributed by atoms with E-state index >= 15 is 0 Å². The van der Waals surface area contributed by atoms with E-state index in [4.69, 9.17) is 4.74 Å². The third-order valence-electron chi connectivity index (χ3n) is 4.58. The minimum absolute atomic E-state index is 0.0290. The predicted molar refractivity (Wildman–Crippen MR) is 78.2 cm³/mol. The summed E-state index contributed by atoms with van der Waals surface area (Å²) >= 11 is 0. The van der Waals surface area contributed by atoms with Crippen LogP contribution in [-0.4, -0.2) is 54.4 Å². The van der Waals surface area contributed by atoms with Crippen molar-refractivity contribution in [1.82, 2.24) is 10.2 Å². The number of hydrogen-bond donors (Lipinski definition) is 2. The largest absolute Gasteiger partial charge is 0.481 e. The summed E-state index contributed by atoms with van der Waals surface area (Å²) in [6.45, 7) is 4.07.